The van der Waals surface area contributed by atoms with Crippen LogP contribution in [0.25, 0.3) is 11.3 Å². The molecule has 1 atom stereocenters. The van der Waals surface area contributed by atoms with Crippen LogP contribution >= 0.6 is 0 Å². The summed E-state index contributed by atoms with van der Waals surface area (Å²) in [4.78, 5) is 13.5. The van der Waals surface area contributed by atoms with Crippen LogP contribution in [0.2, 0.25) is 0 Å². The SMILES string of the molecule is CC(=O)N1CCC(N)c2cc(-c3cn(CCO)nn3)ccc21. The first-order valence-corrected chi connectivity index (χ1v) is 7.29. The van der Waals surface area contributed by atoms with Gasteiger partial charge in [0, 0.05) is 30.8 Å². The highest BCUT2D eigenvalue weighted by molar-refractivity contribution is 5.93. The smallest absolute Gasteiger partial charge is 0.223 e. The first-order valence-electron chi connectivity index (χ1n) is 7.29. The summed E-state index contributed by atoms with van der Waals surface area (Å²) in [7, 11) is 0. The average molecular weight is 301 g/mol. The molecule has 7 heteroatoms. The number of hydrogen-bond acceptors (Lipinski definition) is 5. The molecule has 2 aromatic rings. The van der Waals surface area contributed by atoms with E-state index in [1.54, 1.807) is 22.7 Å². The van der Waals surface area contributed by atoms with E-state index in [1.807, 2.05) is 18.2 Å². The van der Waals surface area contributed by atoms with Crippen LogP contribution in [0.5, 0.6) is 0 Å². The van der Waals surface area contributed by atoms with Crippen molar-refractivity contribution in [2.45, 2.75) is 25.9 Å². The Morgan fingerprint density at radius 2 is 2.32 bits per heavy atom. The molecule has 0 radical (unpaired) electrons. The summed E-state index contributed by atoms with van der Waals surface area (Å²) in [6.45, 7) is 2.64. The average Bonchev–Trinajstić information content (AvgIpc) is 2.96. The summed E-state index contributed by atoms with van der Waals surface area (Å²) in [6, 6.07) is 5.72. The number of carbonyl (C=O) groups is 1. The molecule has 0 saturated carbocycles. The lowest BCUT2D eigenvalue weighted by atomic mass is 9.94. The summed E-state index contributed by atoms with van der Waals surface area (Å²) < 4.78 is 1.59. The molecular formula is C15H19N5O2. The van der Waals surface area contributed by atoms with Gasteiger partial charge in [-0.25, -0.2) is 4.68 Å². The highest BCUT2D eigenvalue weighted by Crippen LogP contribution is 2.35. The van der Waals surface area contributed by atoms with Gasteiger partial charge in [0.25, 0.3) is 0 Å². The first-order chi connectivity index (χ1) is 10.6. The monoisotopic (exact) mass is 301 g/mol. The maximum atomic E-state index is 11.7. The summed E-state index contributed by atoms with van der Waals surface area (Å²) in [5.74, 6) is 0.0230. The molecule has 3 N–H and O–H groups in total. The Morgan fingerprint density at radius 3 is 3.05 bits per heavy atom. The van der Waals surface area contributed by atoms with Crippen molar-refractivity contribution in [3.63, 3.8) is 0 Å². The molecule has 1 aliphatic rings. The standard InChI is InChI=1S/C15H19N5O2/c1-10(22)20-5-4-13(16)12-8-11(2-3-15(12)20)14-9-19(6-7-21)18-17-14/h2-3,8-9,13,21H,4-7,16H2,1H3. The fourth-order valence-electron chi connectivity index (χ4n) is 2.77. The van der Waals surface area contributed by atoms with Crippen LogP contribution in [0.3, 0.4) is 0 Å². The van der Waals surface area contributed by atoms with Crippen molar-refractivity contribution in [2.24, 2.45) is 5.73 Å². The van der Waals surface area contributed by atoms with Crippen molar-refractivity contribution < 1.29 is 9.90 Å². The Hall–Kier alpha value is -2.25. The van der Waals surface area contributed by atoms with Crippen molar-refractivity contribution in [3.05, 3.63) is 30.0 Å². The lowest BCUT2D eigenvalue weighted by Crippen LogP contribution is -2.36. The van der Waals surface area contributed by atoms with Gasteiger partial charge in [-0.2, -0.15) is 0 Å². The van der Waals surface area contributed by atoms with Gasteiger partial charge >= 0.3 is 0 Å². The van der Waals surface area contributed by atoms with Crippen LogP contribution in [0, 0.1) is 0 Å². The van der Waals surface area contributed by atoms with Crippen LogP contribution in [-0.2, 0) is 11.3 Å². The van der Waals surface area contributed by atoms with E-state index in [2.05, 4.69) is 10.3 Å². The zero-order valence-corrected chi connectivity index (χ0v) is 12.4. The van der Waals surface area contributed by atoms with Crippen LogP contribution in [-0.4, -0.2) is 39.2 Å². The van der Waals surface area contributed by atoms with Gasteiger partial charge in [-0.05, 0) is 24.1 Å². The third-order valence-electron chi connectivity index (χ3n) is 3.93. The van der Waals surface area contributed by atoms with E-state index in [9.17, 15) is 4.79 Å². The van der Waals surface area contributed by atoms with Crippen molar-refractivity contribution in [1.29, 1.82) is 0 Å². The Morgan fingerprint density at radius 1 is 1.50 bits per heavy atom. The third-order valence-corrected chi connectivity index (χ3v) is 3.93. The third kappa shape index (κ3) is 2.60. The molecule has 1 aliphatic heterocycles. The molecular weight excluding hydrogens is 282 g/mol. The summed E-state index contributed by atoms with van der Waals surface area (Å²) in [5, 5.41) is 17.0. The van der Waals surface area contributed by atoms with Crippen molar-refractivity contribution in [3.8, 4) is 11.3 Å². The fraction of sp³-hybridized carbons (Fsp3) is 0.400. The fourth-order valence-corrected chi connectivity index (χ4v) is 2.77. The van der Waals surface area contributed by atoms with Gasteiger partial charge in [0.05, 0.1) is 19.3 Å². The minimum Gasteiger partial charge on any atom is -0.394 e. The number of hydrogen-bond donors (Lipinski definition) is 2. The van der Waals surface area contributed by atoms with Gasteiger partial charge in [0.2, 0.25) is 5.91 Å². The van der Waals surface area contributed by atoms with E-state index in [0.29, 0.717) is 13.1 Å². The maximum Gasteiger partial charge on any atom is 0.223 e. The molecule has 1 aromatic heterocycles. The maximum absolute atomic E-state index is 11.7. The van der Waals surface area contributed by atoms with Crippen molar-refractivity contribution in [1.82, 2.24) is 15.0 Å². The largest absolute Gasteiger partial charge is 0.394 e. The highest BCUT2D eigenvalue weighted by atomic mass is 16.3. The zero-order valence-electron chi connectivity index (χ0n) is 12.4. The van der Waals surface area contributed by atoms with Gasteiger partial charge in [0.1, 0.15) is 5.69 Å². The number of rotatable bonds is 3. The second-order valence-corrected chi connectivity index (χ2v) is 5.43. The predicted octanol–water partition coefficient (Wildman–Crippen LogP) is 0.694. The van der Waals surface area contributed by atoms with E-state index in [1.165, 1.54) is 0 Å². The highest BCUT2D eigenvalue weighted by Gasteiger charge is 2.25. The van der Waals surface area contributed by atoms with Crippen LogP contribution in [0.1, 0.15) is 24.9 Å². The molecule has 0 fully saturated rings. The number of amides is 1. The van der Waals surface area contributed by atoms with E-state index < -0.39 is 0 Å². The number of nitrogens with zero attached hydrogens (tertiary/aromatic N) is 4. The lowest BCUT2D eigenvalue weighted by Gasteiger charge is -2.32. The molecule has 0 saturated heterocycles. The van der Waals surface area contributed by atoms with Crippen LogP contribution < -0.4 is 10.6 Å². The second-order valence-electron chi connectivity index (χ2n) is 5.43. The van der Waals surface area contributed by atoms with E-state index in [4.69, 9.17) is 10.8 Å². The Balaban J connectivity index is 1.98. The lowest BCUT2D eigenvalue weighted by molar-refractivity contribution is -0.116. The molecule has 0 spiro atoms. The molecule has 0 aliphatic carbocycles. The minimum atomic E-state index is -0.0852. The minimum absolute atomic E-state index is 0.0193. The number of aliphatic hydroxyl groups excluding tert-OH is 1. The summed E-state index contributed by atoms with van der Waals surface area (Å²) in [5.41, 5.74) is 9.66. The quantitative estimate of drug-likeness (QED) is 0.869. The van der Waals surface area contributed by atoms with Gasteiger partial charge in [-0.15, -0.1) is 5.10 Å². The molecule has 2 heterocycles. The number of anilines is 1. The van der Waals surface area contributed by atoms with E-state index in [0.717, 1.165) is 28.9 Å². The van der Waals surface area contributed by atoms with Gasteiger partial charge in [-0.3, -0.25) is 4.79 Å². The van der Waals surface area contributed by atoms with E-state index >= 15 is 0 Å². The normalized spacial score (nSPS) is 17.4. The number of nitrogens with two attached hydrogens (primary N) is 1. The van der Waals surface area contributed by atoms with Crippen LogP contribution in [0.15, 0.2) is 24.4 Å². The van der Waals surface area contributed by atoms with Crippen molar-refractivity contribution >= 4 is 11.6 Å². The number of aromatic nitrogens is 3. The number of aliphatic hydroxyl groups is 1. The number of fused-ring (bicyclic) bond motifs is 1. The topological polar surface area (TPSA) is 97.3 Å². The molecule has 1 aromatic carbocycles. The predicted molar refractivity (Wildman–Crippen MR) is 82.1 cm³/mol. The molecule has 22 heavy (non-hydrogen) atoms. The molecule has 7 nitrogen and oxygen atoms in total. The van der Waals surface area contributed by atoms with Gasteiger partial charge < -0.3 is 15.7 Å². The Kier molecular flexibility index (Phi) is 3.91. The number of carbonyl (C=O) groups excluding carboxylic acids is 1. The summed E-state index contributed by atoms with van der Waals surface area (Å²) in [6.07, 6.45) is 2.53. The Labute approximate surface area is 128 Å². The molecule has 1 amide bonds. The van der Waals surface area contributed by atoms with Crippen LogP contribution in [0.4, 0.5) is 5.69 Å². The first kappa shape index (κ1) is 14.7. The molecule has 116 valence electrons. The Bertz CT molecular complexity index is 697. The molecule has 0 bridgehead atoms. The van der Waals surface area contributed by atoms with E-state index in [-0.39, 0.29) is 18.6 Å². The zero-order chi connectivity index (χ0) is 15.7. The van der Waals surface area contributed by atoms with Crippen molar-refractivity contribution in [2.75, 3.05) is 18.1 Å². The summed E-state index contributed by atoms with van der Waals surface area (Å²) >= 11 is 0. The number of benzene rings is 1. The molecule has 3 rings (SSSR count). The van der Waals surface area contributed by atoms with Gasteiger partial charge in [-0.1, -0.05) is 11.3 Å². The second kappa shape index (κ2) is 5.86. The molecule has 1 unspecified atom stereocenters. The van der Waals surface area contributed by atoms with Gasteiger partial charge in [0.15, 0.2) is 0 Å².